The highest BCUT2D eigenvalue weighted by Crippen LogP contribution is 2.25. The summed E-state index contributed by atoms with van der Waals surface area (Å²) in [6.45, 7) is 13.3. The molecule has 0 spiro atoms. The van der Waals surface area contributed by atoms with Crippen LogP contribution in [-0.4, -0.2) is 109 Å². The van der Waals surface area contributed by atoms with Gasteiger partial charge < -0.3 is 37.7 Å². The third-order valence-corrected chi connectivity index (χ3v) is 14.9. The topological polar surface area (TPSA) is 176 Å². The normalized spacial score (nSPS) is 11.8. The number of hydrogen-bond acceptors (Lipinski definition) is 12. The van der Waals surface area contributed by atoms with Gasteiger partial charge in [-0.05, 0) is 44.2 Å². The Hall–Kier alpha value is -1.80. The van der Waals surface area contributed by atoms with Gasteiger partial charge in [-0.25, -0.2) is 9.97 Å². The van der Waals surface area contributed by atoms with Crippen LogP contribution in [0.15, 0.2) is 22.8 Å². The predicted molar refractivity (Wildman–Crippen MR) is 159 cm³/mol. The lowest BCUT2D eigenvalue weighted by atomic mass is 10.3. The second kappa shape index (κ2) is 22.8. The van der Waals surface area contributed by atoms with Crippen molar-refractivity contribution in [2.24, 2.45) is 5.28 Å². The minimum absolute atomic E-state index is 0.194. The lowest BCUT2D eigenvalue weighted by Gasteiger charge is -2.33. The lowest BCUT2D eigenvalue weighted by Crippen LogP contribution is -2.46. The summed E-state index contributed by atoms with van der Waals surface area (Å²) in [6, 6.07) is 0.846. The zero-order valence-electron chi connectivity index (χ0n) is 24.6. The Balaban J connectivity index is 2.03. The van der Waals surface area contributed by atoms with Crippen LogP contribution in [-0.2, 0) is 44.0 Å². The molecule has 1 N–H and O–H groups in total. The number of nitrogens with zero attached hydrogens (tertiary/aromatic N) is 5. The molecule has 1 heterocycles. The number of azide groups is 1. The van der Waals surface area contributed by atoms with Crippen LogP contribution in [0.25, 0.3) is 10.4 Å². The van der Waals surface area contributed by atoms with Crippen LogP contribution in [0.4, 0.5) is 0 Å². The molecule has 0 aliphatic heterocycles. The van der Waals surface area contributed by atoms with E-state index in [-0.39, 0.29) is 13.0 Å². The highest BCUT2D eigenvalue weighted by molar-refractivity contribution is 8.00. The first-order valence-corrected chi connectivity index (χ1v) is 20.8. The first-order valence-electron chi connectivity index (χ1n) is 13.5. The summed E-state index contributed by atoms with van der Waals surface area (Å²) in [5, 5.41) is 13.3. The molecule has 14 nitrogen and oxygen atoms in total. The molecule has 17 heteroatoms. The van der Waals surface area contributed by atoms with Gasteiger partial charge in [-0.1, -0.05) is 11.8 Å². The van der Waals surface area contributed by atoms with E-state index >= 15 is 0 Å². The molecule has 0 bridgehead atoms. The number of ether oxygens (including phenoxy) is 5. The fourth-order valence-corrected chi connectivity index (χ4v) is 13.8. The number of carboxylic acid groups (broad SMARTS) is 1. The van der Waals surface area contributed by atoms with E-state index in [9.17, 15) is 4.79 Å². The van der Waals surface area contributed by atoms with Gasteiger partial charge in [-0.2, -0.15) is 0 Å². The molecule has 1 aromatic heterocycles. The van der Waals surface area contributed by atoms with Gasteiger partial charge in [0.25, 0.3) is 0 Å². The van der Waals surface area contributed by atoms with Crippen LogP contribution < -0.4 is 0 Å². The zero-order valence-corrected chi connectivity index (χ0v) is 27.4. The largest absolute Gasteiger partial charge is 0.481 e. The number of thioether (sulfide) groups is 1. The van der Waals surface area contributed by atoms with E-state index in [2.05, 4.69) is 51.2 Å². The first-order chi connectivity index (χ1) is 19.6. The van der Waals surface area contributed by atoms with E-state index in [1.54, 1.807) is 24.2 Å². The van der Waals surface area contributed by atoms with Crippen LogP contribution in [0, 0.1) is 0 Å². The van der Waals surface area contributed by atoms with Gasteiger partial charge >= 0.3 is 5.97 Å². The number of rotatable bonds is 27. The zero-order chi connectivity index (χ0) is 30.2. The van der Waals surface area contributed by atoms with Crippen LogP contribution >= 0.6 is 11.8 Å². The average molecular weight is 636 g/mol. The molecule has 0 radical (unpaired) electrons. The first kappa shape index (κ1) is 37.2. The summed E-state index contributed by atoms with van der Waals surface area (Å²) >= 11 is 1.60. The molecular weight excluding hydrogens is 591 g/mol. The Kier molecular flexibility index (Phi) is 20.7. The molecule has 1 rings (SSSR count). The van der Waals surface area contributed by atoms with Crippen LogP contribution in [0.1, 0.15) is 18.4 Å². The Morgan fingerprint density at radius 1 is 0.878 bits per heavy atom. The SMILES string of the molecule is C[Si](C)(CCCC(=O)O)O[Si](C)(C)CSc1ncc(COCCOCCOCCOCCOCCON=[N+]=[N-])cn1. The van der Waals surface area contributed by atoms with Crippen molar-refractivity contribution in [2.75, 3.05) is 71.4 Å². The molecule has 0 unspecified atom stereocenters. The minimum Gasteiger partial charge on any atom is -0.481 e. The molecule has 234 valence electrons. The lowest BCUT2D eigenvalue weighted by molar-refractivity contribution is -0.137. The summed E-state index contributed by atoms with van der Waals surface area (Å²) in [5.74, 6) is -0.754. The number of aromatic nitrogens is 2. The second-order valence-corrected chi connectivity index (χ2v) is 20.2. The summed E-state index contributed by atoms with van der Waals surface area (Å²) in [4.78, 5) is 26.7. The molecule has 41 heavy (non-hydrogen) atoms. The maximum Gasteiger partial charge on any atom is 0.303 e. The van der Waals surface area contributed by atoms with Gasteiger partial charge in [0.05, 0.1) is 66.1 Å². The molecule has 1 aromatic rings. The smallest absolute Gasteiger partial charge is 0.303 e. The van der Waals surface area contributed by atoms with E-state index in [4.69, 9.17) is 38.4 Å². The van der Waals surface area contributed by atoms with Gasteiger partial charge in [-0.15, -0.1) is 0 Å². The predicted octanol–water partition coefficient (Wildman–Crippen LogP) is 4.22. The molecule has 0 saturated carbocycles. The second-order valence-electron chi connectivity index (χ2n) is 10.0. The minimum atomic E-state index is -1.95. The fourth-order valence-electron chi connectivity index (χ4n) is 3.46. The van der Waals surface area contributed by atoms with Gasteiger partial charge in [-0.3, -0.25) is 4.79 Å². The summed E-state index contributed by atoms with van der Waals surface area (Å²) in [6.07, 6.45) is 4.41. The van der Waals surface area contributed by atoms with Crippen molar-refractivity contribution in [3.8, 4) is 0 Å². The van der Waals surface area contributed by atoms with Crippen molar-refractivity contribution in [3.63, 3.8) is 0 Å². The van der Waals surface area contributed by atoms with Gasteiger partial charge in [0, 0.05) is 34.7 Å². The summed E-state index contributed by atoms with van der Waals surface area (Å²) in [5.41, 5.74) is 8.93. The van der Waals surface area contributed by atoms with Crippen molar-refractivity contribution in [2.45, 2.75) is 56.8 Å². The fraction of sp³-hybridized carbons (Fsp3) is 0.792. The quantitative estimate of drug-likeness (QED) is 0.0213. The van der Waals surface area contributed by atoms with Gasteiger partial charge in [0.1, 0.15) is 11.9 Å². The maximum atomic E-state index is 10.8. The summed E-state index contributed by atoms with van der Waals surface area (Å²) in [7, 11) is -3.85. The van der Waals surface area contributed by atoms with Crippen LogP contribution in [0.5, 0.6) is 0 Å². The third-order valence-electron chi connectivity index (χ3n) is 5.12. The number of hydrogen-bond donors (Lipinski definition) is 1. The highest BCUT2D eigenvalue weighted by atomic mass is 32.2. The van der Waals surface area contributed by atoms with Gasteiger partial charge in [0.15, 0.2) is 21.8 Å². The van der Waals surface area contributed by atoms with Crippen molar-refractivity contribution in [3.05, 3.63) is 28.4 Å². The van der Waals surface area contributed by atoms with Crippen molar-refractivity contribution in [1.29, 1.82) is 0 Å². The number of aliphatic carboxylic acids is 1. The Bertz CT molecular complexity index is 882. The van der Waals surface area contributed by atoms with E-state index in [0.717, 1.165) is 17.0 Å². The van der Waals surface area contributed by atoms with E-state index in [0.29, 0.717) is 77.6 Å². The van der Waals surface area contributed by atoms with Crippen LogP contribution in [0.3, 0.4) is 0 Å². The molecule has 0 fully saturated rings. The monoisotopic (exact) mass is 635 g/mol. The molecule has 0 atom stereocenters. The average Bonchev–Trinajstić information content (AvgIpc) is 2.91. The standard InChI is InChI=1S/C24H45N5O9SSi2/c1-40(2,17-5-6-23(30)31)38-41(3,4)21-39-24-26-18-22(19-27-24)20-36-14-13-34-10-9-32-7-8-33-11-12-35-15-16-37-29-28-25/h18-19H,5-17,20-21H2,1-4H3,(H,30,31). The molecule has 0 amide bonds. The third kappa shape index (κ3) is 22.5. The Labute approximate surface area is 248 Å². The van der Waals surface area contributed by atoms with Crippen molar-refractivity contribution < 1.29 is 42.5 Å². The van der Waals surface area contributed by atoms with E-state index in [1.807, 2.05) is 0 Å². The van der Waals surface area contributed by atoms with E-state index < -0.39 is 22.6 Å². The molecule has 0 saturated heterocycles. The molecule has 0 aliphatic carbocycles. The Morgan fingerprint density at radius 3 is 1.90 bits per heavy atom. The van der Waals surface area contributed by atoms with Gasteiger partial charge in [0.2, 0.25) is 0 Å². The molecular formula is C24H45N5O9SSi2. The Morgan fingerprint density at radius 2 is 1.39 bits per heavy atom. The molecule has 0 aliphatic rings. The number of carbonyl (C=O) groups is 1. The summed E-state index contributed by atoms with van der Waals surface area (Å²) < 4.78 is 33.7. The van der Waals surface area contributed by atoms with Crippen LogP contribution in [0.2, 0.25) is 32.2 Å². The molecule has 0 aromatic carbocycles. The maximum absolute atomic E-state index is 10.8. The van der Waals surface area contributed by atoms with Crippen molar-refractivity contribution in [1.82, 2.24) is 9.97 Å². The van der Waals surface area contributed by atoms with Crippen molar-refractivity contribution >= 4 is 34.4 Å². The van der Waals surface area contributed by atoms with E-state index in [1.165, 1.54) is 0 Å². The number of carboxylic acids is 1. The highest BCUT2D eigenvalue weighted by Gasteiger charge is 2.33.